The SMILES string of the molecule is Cc1nn(C2CCCCC2)c2sc(C(=O)NC3CCC(NC(=O)N(C)C(Cc4ccccc4)C(=O)O)CC3)cc12. The van der Waals surface area contributed by atoms with Crippen molar-refractivity contribution in [3.8, 4) is 0 Å². The fourth-order valence-electron chi connectivity index (χ4n) is 6.04. The van der Waals surface area contributed by atoms with E-state index in [2.05, 4.69) is 15.3 Å². The molecular formula is C30H39N5O4S. The number of hydrogen-bond donors (Lipinski definition) is 3. The molecule has 9 nitrogen and oxygen atoms in total. The number of likely N-dealkylation sites (N-methyl/N-ethyl adjacent to an activating group) is 1. The number of amides is 3. The standard InChI is InChI=1S/C30H39N5O4S/c1-19-24-18-26(40-28(24)35(33-19)23-11-7-4-8-12-23)27(36)31-21-13-15-22(16-14-21)32-30(39)34(2)25(29(37)38)17-20-9-5-3-6-10-20/h3,5-6,9-10,18,21-23,25H,4,7-8,11-17H2,1-2H3,(H,31,36)(H,32,39)(H,37,38). The first-order chi connectivity index (χ1) is 19.3. The van der Waals surface area contributed by atoms with Crippen LogP contribution in [0, 0.1) is 6.92 Å². The van der Waals surface area contributed by atoms with Gasteiger partial charge in [-0.15, -0.1) is 11.3 Å². The highest BCUT2D eigenvalue weighted by atomic mass is 32.1. The van der Waals surface area contributed by atoms with Crippen LogP contribution < -0.4 is 10.6 Å². The molecule has 0 radical (unpaired) electrons. The lowest BCUT2D eigenvalue weighted by Gasteiger charge is -2.32. The highest BCUT2D eigenvalue weighted by Crippen LogP contribution is 2.35. The number of thiophene rings is 1. The largest absolute Gasteiger partial charge is 0.480 e. The van der Waals surface area contributed by atoms with E-state index in [0.717, 1.165) is 64.9 Å². The number of urea groups is 1. The first kappa shape index (κ1) is 28.1. The van der Waals surface area contributed by atoms with Gasteiger partial charge < -0.3 is 20.6 Å². The minimum atomic E-state index is -1.03. The predicted molar refractivity (Wildman–Crippen MR) is 156 cm³/mol. The molecule has 2 aromatic heterocycles. The molecule has 2 aliphatic carbocycles. The number of hydrogen-bond acceptors (Lipinski definition) is 5. The number of rotatable bonds is 8. The summed E-state index contributed by atoms with van der Waals surface area (Å²) in [4.78, 5) is 41.0. The van der Waals surface area contributed by atoms with Crippen molar-refractivity contribution in [2.75, 3.05) is 7.05 Å². The summed E-state index contributed by atoms with van der Waals surface area (Å²) in [5.41, 5.74) is 1.84. The molecule has 3 aromatic rings. The molecular weight excluding hydrogens is 526 g/mol. The second-order valence-electron chi connectivity index (χ2n) is 11.3. The van der Waals surface area contributed by atoms with Gasteiger partial charge in [0.1, 0.15) is 10.9 Å². The van der Waals surface area contributed by atoms with Crippen LogP contribution >= 0.6 is 11.3 Å². The van der Waals surface area contributed by atoms with E-state index in [1.165, 1.54) is 42.5 Å². The van der Waals surface area contributed by atoms with Gasteiger partial charge in [-0.2, -0.15) is 5.10 Å². The molecule has 1 atom stereocenters. The predicted octanol–water partition coefficient (Wildman–Crippen LogP) is 5.29. The topological polar surface area (TPSA) is 117 Å². The van der Waals surface area contributed by atoms with Gasteiger partial charge in [0, 0.05) is 30.9 Å². The average Bonchev–Trinajstić information content (AvgIpc) is 3.54. The van der Waals surface area contributed by atoms with E-state index in [9.17, 15) is 19.5 Å². The van der Waals surface area contributed by atoms with E-state index >= 15 is 0 Å². The highest BCUT2D eigenvalue weighted by Gasteiger charge is 2.30. The second kappa shape index (κ2) is 12.4. The minimum absolute atomic E-state index is 0.0457. The van der Waals surface area contributed by atoms with Gasteiger partial charge in [-0.05, 0) is 57.1 Å². The average molecular weight is 566 g/mol. The number of carbonyl (C=O) groups excluding carboxylic acids is 2. The monoisotopic (exact) mass is 565 g/mol. The van der Waals surface area contributed by atoms with Gasteiger partial charge in [0.05, 0.1) is 16.6 Å². The second-order valence-corrected chi connectivity index (χ2v) is 12.3. The maximum Gasteiger partial charge on any atom is 0.326 e. The van der Waals surface area contributed by atoms with Crippen molar-refractivity contribution in [2.24, 2.45) is 0 Å². The first-order valence-electron chi connectivity index (χ1n) is 14.4. The number of aliphatic carboxylic acids is 1. The number of nitrogens with zero attached hydrogens (tertiary/aromatic N) is 3. The molecule has 3 amide bonds. The van der Waals surface area contributed by atoms with Crippen molar-refractivity contribution in [3.63, 3.8) is 0 Å². The Hall–Kier alpha value is -3.40. The van der Waals surface area contributed by atoms with Crippen LogP contribution in [0.15, 0.2) is 36.4 Å². The molecule has 5 rings (SSSR count). The summed E-state index contributed by atoms with van der Waals surface area (Å²) in [6, 6.07) is 10.4. The molecule has 2 fully saturated rings. The Kier molecular flexibility index (Phi) is 8.73. The number of aryl methyl sites for hydroxylation is 1. The third-order valence-electron chi connectivity index (χ3n) is 8.45. The van der Waals surface area contributed by atoms with Gasteiger partial charge in [-0.25, -0.2) is 9.59 Å². The molecule has 0 spiro atoms. The van der Waals surface area contributed by atoms with Crippen molar-refractivity contribution in [3.05, 3.63) is 52.5 Å². The number of carboxylic acid groups (broad SMARTS) is 1. The smallest absolute Gasteiger partial charge is 0.326 e. The van der Waals surface area contributed by atoms with Crippen LogP contribution in [0.5, 0.6) is 0 Å². The summed E-state index contributed by atoms with van der Waals surface area (Å²) in [5, 5.41) is 21.8. The Balaban J connectivity index is 1.13. The van der Waals surface area contributed by atoms with E-state index in [1.54, 1.807) is 0 Å². The summed E-state index contributed by atoms with van der Waals surface area (Å²) in [6.07, 6.45) is 9.26. The van der Waals surface area contributed by atoms with Crippen molar-refractivity contribution in [2.45, 2.75) is 95.3 Å². The molecule has 2 heterocycles. The van der Waals surface area contributed by atoms with Crippen molar-refractivity contribution in [1.29, 1.82) is 0 Å². The van der Waals surface area contributed by atoms with Gasteiger partial charge in [0.15, 0.2) is 0 Å². The normalized spacial score (nSPS) is 20.6. The summed E-state index contributed by atoms with van der Waals surface area (Å²) in [5.74, 6) is -1.08. The Labute approximate surface area is 238 Å². The Morgan fingerprint density at radius 3 is 2.33 bits per heavy atom. The van der Waals surface area contributed by atoms with Crippen LogP contribution in [-0.2, 0) is 11.2 Å². The summed E-state index contributed by atoms with van der Waals surface area (Å²) >= 11 is 1.53. The molecule has 2 aliphatic rings. The lowest BCUT2D eigenvalue weighted by atomic mass is 9.91. The fraction of sp³-hybridized carbons (Fsp3) is 0.533. The third-order valence-corrected chi connectivity index (χ3v) is 9.57. The lowest BCUT2D eigenvalue weighted by molar-refractivity contribution is -0.141. The quantitative estimate of drug-likeness (QED) is 0.343. The zero-order chi connectivity index (χ0) is 28.2. The third kappa shape index (κ3) is 6.32. The van der Waals surface area contributed by atoms with Gasteiger partial charge in [-0.1, -0.05) is 49.6 Å². The molecule has 0 saturated heterocycles. The molecule has 3 N–H and O–H groups in total. The Bertz CT molecular complexity index is 1340. The number of aromatic nitrogens is 2. The summed E-state index contributed by atoms with van der Waals surface area (Å²) < 4.78 is 2.16. The molecule has 214 valence electrons. The van der Waals surface area contributed by atoms with Crippen molar-refractivity contribution in [1.82, 2.24) is 25.3 Å². The van der Waals surface area contributed by atoms with Gasteiger partial charge in [0.25, 0.3) is 5.91 Å². The molecule has 1 aromatic carbocycles. The molecule has 10 heteroatoms. The Morgan fingerprint density at radius 1 is 1.02 bits per heavy atom. The van der Waals surface area contributed by atoms with Crippen LogP contribution in [-0.4, -0.2) is 62.9 Å². The van der Waals surface area contributed by atoms with Crippen LogP contribution in [0.1, 0.15) is 84.8 Å². The van der Waals surface area contributed by atoms with Crippen LogP contribution in [0.4, 0.5) is 4.79 Å². The van der Waals surface area contributed by atoms with Gasteiger partial charge in [-0.3, -0.25) is 9.48 Å². The molecule has 1 unspecified atom stereocenters. The van der Waals surface area contributed by atoms with Crippen molar-refractivity contribution < 1.29 is 19.5 Å². The van der Waals surface area contributed by atoms with Crippen molar-refractivity contribution >= 4 is 39.5 Å². The number of benzene rings is 1. The highest BCUT2D eigenvalue weighted by molar-refractivity contribution is 7.20. The van der Waals surface area contributed by atoms with E-state index in [4.69, 9.17) is 5.10 Å². The number of nitrogens with one attached hydrogen (secondary N) is 2. The van der Waals surface area contributed by atoms with E-state index in [1.807, 2.05) is 43.3 Å². The molecule has 40 heavy (non-hydrogen) atoms. The van der Waals surface area contributed by atoms with Crippen LogP contribution in [0.3, 0.4) is 0 Å². The lowest BCUT2D eigenvalue weighted by Crippen LogP contribution is -2.52. The zero-order valence-corrected chi connectivity index (χ0v) is 24.1. The van der Waals surface area contributed by atoms with Gasteiger partial charge >= 0.3 is 12.0 Å². The number of carboxylic acids is 1. The first-order valence-corrected chi connectivity index (χ1v) is 15.2. The number of carbonyl (C=O) groups is 3. The number of fused-ring (bicyclic) bond motifs is 1. The molecule has 2 saturated carbocycles. The maximum atomic E-state index is 13.2. The summed E-state index contributed by atoms with van der Waals surface area (Å²) in [7, 11) is 1.53. The van der Waals surface area contributed by atoms with E-state index in [-0.39, 0.29) is 30.4 Å². The maximum absolute atomic E-state index is 13.2. The van der Waals surface area contributed by atoms with Gasteiger partial charge in [0.2, 0.25) is 0 Å². The van der Waals surface area contributed by atoms with E-state index in [0.29, 0.717) is 6.04 Å². The van der Waals surface area contributed by atoms with E-state index < -0.39 is 12.0 Å². The summed E-state index contributed by atoms with van der Waals surface area (Å²) in [6.45, 7) is 2.02. The fourth-order valence-corrected chi connectivity index (χ4v) is 7.18. The Morgan fingerprint density at radius 2 is 1.68 bits per heavy atom. The molecule has 0 aliphatic heterocycles. The minimum Gasteiger partial charge on any atom is -0.480 e. The zero-order valence-electron chi connectivity index (χ0n) is 23.3. The molecule has 0 bridgehead atoms. The van der Waals surface area contributed by atoms with Crippen LogP contribution in [0.25, 0.3) is 10.2 Å². The van der Waals surface area contributed by atoms with Crippen LogP contribution in [0.2, 0.25) is 0 Å².